The highest BCUT2D eigenvalue weighted by Crippen LogP contribution is 2.26. The molecule has 3 rings (SSSR count). The quantitative estimate of drug-likeness (QED) is 0.785. The second kappa shape index (κ2) is 4.98. The van der Waals surface area contributed by atoms with Crippen molar-refractivity contribution in [1.29, 1.82) is 0 Å². The minimum Gasteiger partial charge on any atom is -0.495 e. The molecule has 0 aliphatic rings. The van der Waals surface area contributed by atoms with E-state index in [0.717, 1.165) is 10.9 Å². The largest absolute Gasteiger partial charge is 0.495 e. The van der Waals surface area contributed by atoms with Crippen molar-refractivity contribution in [2.75, 3.05) is 12.8 Å². The number of anilines is 1. The molecule has 0 spiro atoms. The van der Waals surface area contributed by atoms with E-state index in [1.165, 1.54) is 4.57 Å². The van der Waals surface area contributed by atoms with Crippen molar-refractivity contribution in [1.82, 2.24) is 4.57 Å². The van der Waals surface area contributed by atoms with Gasteiger partial charge in [0.2, 0.25) is 0 Å². The lowest BCUT2D eigenvalue weighted by Crippen LogP contribution is -2.22. The summed E-state index contributed by atoms with van der Waals surface area (Å²) in [6.45, 7) is 1.96. The number of nitrogen functional groups attached to an aromatic ring is 1. The van der Waals surface area contributed by atoms with E-state index >= 15 is 0 Å². The van der Waals surface area contributed by atoms with Crippen LogP contribution < -0.4 is 16.0 Å². The van der Waals surface area contributed by atoms with Crippen molar-refractivity contribution in [2.24, 2.45) is 0 Å². The topological polar surface area (TPSA) is 57.2 Å². The highest BCUT2D eigenvalue weighted by molar-refractivity contribution is 5.84. The molecular formula is C17H16N2O2. The van der Waals surface area contributed by atoms with E-state index in [-0.39, 0.29) is 5.56 Å². The van der Waals surface area contributed by atoms with Crippen LogP contribution in [-0.2, 0) is 0 Å². The standard InChI is InChI=1S/C17H16N2O2/c1-11-7-8-15(21-2)14(9-11)19-16(18)10-12-5-3-4-6-13(12)17(19)20/h3-10H,18H2,1-2H3. The second-order valence-corrected chi connectivity index (χ2v) is 4.97. The molecule has 4 heteroatoms. The number of ether oxygens (including phenoxy) is 1. The number of hydrogen-bond acceptors (Lipinski definition) is 3. The van der Waals surface area contributed by atoms with Gasteiger partial charge in [0.15, 0.2) is 0 Å². The molecule has 0 atom stereocenters. The first-order valence-electron chi connectivity index (χ1n) is 6.67. The number of aryl methyl sites for hydroxylation is 1. The molecule has 0 saturated carbocycles. The van der Waals surface area contributed by atoms with Crippen LogP contribution in [0.2, 0.25) is 0 Å². The van der Waals surface area contributed by atoms with E-state index < -0.39 is 0 Å². The van der Waals surface area contributed by atoms with Crippen molar-refractivity contribution in [3.05, 3.63) is 64.4 Å². The number of benzene rings is 2. The monoisotopic (exact) mass is 280 g/mol. The number of methoxy groups -OCH3 is 1. The average molecular weight is 280 g/mol. The lowest BCUT2D eigenvalue weighted by Gasteiger charge is -2.15. The first kappa shape index (κ1) is 13.2. The molecular weight excluding hydrogens is 264 g/mol. The molecule has 0 aliphatic carbocycles. The van der Waals surface area contributed by atoms with E-state index in [9.17, 15) is 4.79 Å². The van der Waals surface area contributed by atoms with Crippen LogP contribution in [-0.4, -0.2) is 11.7 Å². The molecule has 106 valence electrons. The third-order valence-corrected chi connectivity index (χ3v) is 3.53. The normalized spacial score (nSPS) is 10.8. The van der Waals surface area contributed by atoms with Gasteiger partial charge in [-0.1, -0.05) is 24.3 Å². The molecule has 0 radical (unpaired) electrons. The third kappa shape index (κ3) is 2.14. The van der Waals surface area contributed by atoms with Gasteiger partial charge in [-0.3, -0.25) is 9.36 Å². The highest BCUT2D eigenvalue weighted by Gasteiger charge is 2.13. The van der Waals surface area contributed by atoms with E-state index in [4.69, 9.17) is 10.5 Å². The SMILES string of the molecule is COc1ccc(C)cc1-n1c(N)cc2ccccc2c1=O. The van der Waals surface area contributed by atoms with E-state index in [1.54, 1.807) is 19.2 Å². The van der Waals surface area contributed by atoms with Crippen molar-refractivity contribution in [3.63, 3.8) is 0 Å². The van der Waals surface area contributed by atoms with Gasteiger partial charge in [-0.2, -0.15) is 0 Å². The molecule has 2 aromatic carbocycles. The summed E-state index contributed by atoms with van der Waals surface area (Å²) in [4.78, 5) is 12.8. The molecule has 4 nitrogen and oxygen atoms in total. The zero-order valence-electron chi connectivity index (χ0n) is 12.0. The Morgan fingerprint density at radius 2 is 1.86 bits per heavy atom. The Balaban J connectivity index is 2.41. The minimum absolute atomic E-state index is 0.144. The summed E-state index contributed by atoms with van der Waals surface area (Å²) in [7, 11) is 1.58. The smallest absolute Gasteiger partial charge is 0.264 e. The van der Waals surface area contributed by atoms with Crippen molar-refractivity contribution < 1.29 is 4.74 Å². The molecule has 2 N–H and O–H groups in total. The molecule has 0 bridgehead atoms. The Kier molecular flexibility index (Phi) is 3.14. The lowest BCUT2D eigenvalue weighted by atomic mass is 10.1. The van der Waals surface area contributed by atoms with Crippen molar-refractivity contribution in [2.45, 2.75) is 6.92 Å². The van der Waals surface area contributed by atoms with Crippen LogP contribution in [0.25, 0.3) is 16.5 Å². The van der Waals surface area contributed by atoms with Crippen LogP contribution >= 0.6 is 0 Å². The molecule has 0 amide bonds. The van der Waals surface area contributed by atoms with Crippen LogP contribution in [0.4, 0.5) is 5.82 Å². The number of fused-ring (bicyclic) bond motifs is 1. The van der Waals surface area contributed by atoms with Crippen LogP contribution in [0.3, 0.4) is 0 Å². The van der Waals surface area contributed by atoms with Gasteiger partial charge in [0.05, 0.1) is 12.8 Å². The average Bonchev–Trinajstić information content (AvgIpc) is 2.47. The number of rotatable bonds is 2. The fourth-order valence-electron chi connectivity index (χ4n) is 2.50. The maximum Gasteiger partial charge on any atom is 0.264 e. The summed E-state index contributed by atoms with van der Waals surface area (Å²) in [5.74, 6) is 1.01. The van der Waals surface area contributed by atoms with E-state index in [2.05, 4.69) is 0 Å². The second-order valence-electron chi connectivity index (χ2n) is 4.97. The predicted octanol–water partition coefficient (Wildman–Crippen LogP) is 2.89. The molecule has 21 heavy (non-hydrogen) atoms. The Hall–Kier alpha value is -2.75. The summed E-state index contributed by atoms with van der Waals surface area (Å²) in [6.07, 6.45) is 0. The molecule has 3 aromatic rings. The van der Waals surface area contributed by atoms with E-state index in [1.807, 2.05) is 43.3 Å². The molecule has 1 aromatic heterocycles. The number of aromatic nitrogens is 1. The lowest BCUT2D eigenvalue weighted by molar-refractivity contribution is 0.412. The predicted molar refractivity (Wildman–Crippen MR) is 85.2 cm³/mol. The fourth-order valence-corrected chi connectivity index (χ4v) is 2.50. The molecule has 1 heterocycles. The van der Waals surface area contributed by atoms with E-state index in [0.29, 0.717) is 22.6 Å². The van der Waals surface area contributed by atoms with Crippen LogP contribution in [0.1, 0.15) is 5.56 Å². The number of hydrogen-bond donors (Lipinski definition) is 1. The molecule has 0 aliphatic heterocycles. The first-order valence-corrected chi connectivity index (χ1v) is 6.67. The summed E-state index contributed by atoms with van der Waals surface area (Å²) in [5.41, 5.74) is 7.65. The number of pyridine rings is 1. The Morgan fingerprint density at radius 3 is 2.62 bits per heavy atom. The minimum atomic E-state index is -0.144. The molecule has 0 saturated heterocycles. The van der Waals surface area contributed by atoms with Crippen LogP contribution in [0, 0.1) is 6.92 Å². The first-order chi connectivity index (χ1) is 10.1. The van der Waals surface area contributed by atoms with Crippen molar-refractivity contribution >= 4 is 16.6 Å². The third-order valence-electron chi connectivity index (χ3n) is 3.53. The Morgan fingerprint density at radius 1 is 1.10 bits per heavy atom. The number of nitrogens with two attached hydrogens (primary N) is 1. The maximum absolute atomic E-state index is 12.8. The summed E-state index contributed by atoms with van der Waals surface area (Å²) in [6, 6.07) is 14.9. The highest BCUT2D eigenvalue weighted by atomic mass is 16.5. The summed E-state index contributed by atoms with van der Waals surface area (Å²) >= 11 is 0. The van der Waals surface area contributed by atoms with Gasteiger partial charge in [-0.05, 0) is 42.1 Å². The van der Waals surface area contributed by atoms with Gasteiger partial charge in [-0.25, -0.2) is 0 Å². The van der Waals surface area contributed by atoms with Crippen LogP contribution in [0.5, 0.6) is 5.75 Å². The Bertz CT molecular complexity index is 882. The Labute approximate surface area is 122 Å². The van der Waals surface area contributed by atoms with Gasteiger partial charge in [0.25, 0.3) is 5.56 Å². The van der Waals surface area contributed by atoms with Gasteiger partial charge < -0.3 is 10.5 Å². The van der Waals surface area contributed by atoms with Gasteiger partial charge in [0, 0.05) is 5.39 Å². The molecule has 0 fully saturated rings. The molecule has 0 unspecified atom stereocenters. The summed E-state index contributed by atoms with van der Waals surface area (Å²) < 4.78 is 6.86. The zero-order valence-corrected chi connectivity index (χ0v) is 12.0. The summed E-state index contributed by atoms with van der Waals surface area (Å²) in [5, 5.41) is 1.47. The van der Waals surface area contributed by atoms with Gasteiger partial charge in [0.1, 0.15) is 11.6 Å². The fraction of sp³-hybridized carbons (Fsp3) is 0.118. The zero-order chi connectivity index (χ0) is 15.0. The van der Waals surface area contributed by atoms with Crippen LogP contribution in [0.15, 0.2) is 53.3 Å². The van der Waals surface area contributed by atoms with Gasteiger partial charge >= 0.3 is 0 Å². The van der Waals surface area contributed by atoms with Crippen molar-refractivity contribution in [3.8, 4) is 11.4 Å². The van der Waals surface area contributed by atoms with Gasteiger partial charge in [-0.15, -0.1) is 0 Å². The maximum atomic E-state index is 12.8. The number of nitrogens with zero attached hydrogens (tertiary/aromatic N) is 1.